The van der Waals surface area contributed by atoms with Gasteiger partial charge in [-0.1, -0.05) is 11.3 Å². The molecule has 3 aromatic rings. The Hall–Kier alpha value is -2.67. The van der Waals surface area contributed by atoms with Crippen LogP contribution < -0.4 is 5.32 Å². The van der Waals surface area contributed by atoms with E-state index < -0.39 is 37.1 Å². The number of nitrogens with zero attached hydrogens (tertiary/aromatic N) is 2. The van der Waals surface area contributed by atoms with E-state index in [1.807, 2.05) is 18.4 Å². The number of aliphatic hydroxyl groups excluding tert-OH is 4. The fourth-order valence-corrected chi connectivity index (χ4v) is 4.89. The lowest BCUT2D eigenvalue weighted by Crippen LogP contribution is -2.60. The van der Waals surface area contributed by atoms with Gasteiger partial charge in [0, 0.05) is 29.2 Å². The van der Waals surface area contributed by atoms with Crippen LogP contribution in [-0.4, -0.2) is 79.4 Å². The third-order valence-corrected chi connectivity index (χ3v) is 6.89. The third kappa shape index (κ3) is 4.63. The lowest BCUT2D eigenvalue weighted by atomic mass is 9.95. The van der Waals surface area contributed by atoms with Crippen molar-refractivity contribution in [3.8, 4) is 5.69 Å². The van der Waals surface area contributed by atoms with Gasteiger partial charge in [-0.3, -0.25) is 4.79 Å². The summed E-state index contributed by atoms with van der Waals surface area (Å²) in [4.78, 5) is 17.8. The van der Waals surface area contributed by atoms with Gasteiger partial charge in [0.05, 0.1) is 17.7 Å². The number of nitrogens with one attached hydrogen (secondary N) is 1. The maximum absolute atomic E-state index is 13.3. The highest BCUT2D eigenvalue weighted by Gasteiger charge is 2.43. The van der Waals surface area contributed by atoms with Gasteiger partial charge in [0.15, 0.2) is 5.13 Å². The summed E-state index contributed by atoms with van der Waals surface area (Å²) in [5, 5.41) is 42.6. The second kappa shape index (κ2) is 9.90. The number of hydrogen-bond acceptors (Lipinski definition) is 9. The van der Waals surface area contributed by atoms with Crippen molar-refractivity contribution in [2.45, 2.75) is 44.4 Å². The maximum atomic E-state index is 13.3. The van der Waals surface area contributed by atoms with E-state index >= 15 is 0 Å². The number of carbonyl (C=O) groups is 1. The number of ether oxygens (including phenoxy) is 1. The summed E-state index contributed by atoms with van der Waals surface area (Å²) in [7, 11) is 0. The van der Waals surface area contributed by atoms with Gasteiger partial charge in [0.25, 0.3) is 0 Å². The Balaban J connectivity index is 1.47. The summed E-state index contributed by atoms with van der Waals surface area (Å²) < 4.78 is 20.7. The molecule has 11 heteroatoms. The highest BCUT2D eigenvalue weighted by Crippen LogP contribution is 2.27. The Kier molecular flexibility index (Phi) is 7.12. The molecule has 0 saturated carbocycles. The van der Waals surface area contributed by atoms with Gasteiger partial charge in [-0.05, 0) is 44.2 Å². The van der Waals surface area contributed by atoms with E-state index in [0.29, 0.717) is 15.6 Å². The van der Waals surface area contributed by atoms with Gasteiger partial charge in [-0.25, -0.2) is 9.37 Å². The molecule has 34 heavy (non-hydrogen) atoms. The molecule has 5 atom stereocenters. The summed E-state index contributed by atoms with van der Waals surface area (Å²) in [5.41, 5.74) is 2.81. The Labute approximate surface area is 199 Å². The van der Waals surface area contributed by atoms with Crippen LogP contribution in [0.25, 0.3) is 5.69 Å². The van der Waals surface area contributed by atoms with Crippen molar-refractivity contribution in [3.63, 3.8) is 0 Å². The zero-order chi connectivity index (χ0) is 24.6. The topological polar surface area (TPSA) is 137 Å². The minimum absolute atomic E-state index is 0.0433. The van der Waals surface area contributed by atoms with Gasteiger partial charge in [0.2, 0.25) is 5.78 Å². The van der Waals surface area contributed by atoms with E-state index in [1.165, 1.54) is 18.3 Å². The smallest absolute Gasteiger partial charge is 0.206 e. The van der Waals surface area contributed by atoms with Crippen LogP contribution in [0.4, 0.5) is 9.52 Å². The molecular weight excluding hydrogens is 465 g/mol. The number of aromatic nitrogens is 2. The molecule has 0 radical (unpaired) electrons. The molecular formula is C23H26FN3O6S. The molecule has 1 aliphatic rings. The van der Waals surface area contributed by atoms with Crippen molar-refractivity contribution in [2.24, 2.45) is 0 Å². The molecule has 182 valence electrons. The highest BCUT2D eigenvalue weighted by atomic mass is 32.1. The number of benzene rings is 1. The van der Waals surface area contributed by atoms with Crippen LogP contribution in [0.2, 0.25) is 0 Å². The molecule has 0 amide bonds. The molecule has 5 N–H and O–H groups in total. The van der Waals surface area contributed by atoms with Crippen molar-refractivity contribution in [3.05, 3.63) is 64.2 Å². The van der Waals surface area contributed by atoms with E-state index in [1.54, 1.807) is 18.2 Å². The maximum Gasteiger partial charge on any atom is 0.206 e. The first kappa shape index (κ1) is 24.5. The molecule has 3 heterocycles. The molecule has 9 nitrogen and oxygen atoms in total. The number of halogens is 1. The quantitative estimate of drug-likeness (QED) is 0.311. The molecule has 0 spiro atoms. The second-order valence-corrected chi connectivity index (χ2v) is 9.23. The number of rotatable bonds is 7. The Morgan fingerprint density at radius 2 is 1.82 bits per heavy atom. The van der Waals surface area contributed by atoms with E-state index in [2.05, 4.69) is 10.3 Å². The lowest BCUT2D eigenvalue weighted by Gasteiger charge is -2.40. The molecule has 1 saturated heterocycles. The largest absolute Gasteiger partial charge is 0.394 e. The predicted molar refractivity (Wildman–Crippen MR) is 123 cm³/mol. The van der Waals surface area contributed by atoms with Crippen LogP contribution in [-0.2, 0) is 4.74 Å². The van der Waals surface area contributed by atoms with Gasteiger partial charge < -0.3 is 35.0 Å². The Bertz CT molecular complexity index is 1160. The van der Waals surface area contributed by atoms with Gasteiger partial charge in [-0.15, -0.1) is 0 Å². The standard InChI is InChI=1S/C23H26FN3O6S/c1-11-7-15(12(2)27(11)14-5-3-13(24)4-6-14)19(29)18-9-26-23(34-18)25-8-16-20(30)22(32)21(31)17(10-28)33-16/h3-7,9,16-17,20-22,28,30-32H,8,10H2,1-2H3,(H,25,26)/t16-,17-,20-,21-,22-/m1/s1. The molecule has 0 unspecified atom stereocenters. The molecule has 1 fully saturated rings. The summed E-state index contributed by atoms with van der Waals surface area (Å²) >= 11 is 1.13. The normalized spacial score (nSPS) is 24.9. The fraction of sp³-hybridized carbons (Fsp3) is 0.391. The zero-order valence-corrected chi connectivity index (χ0v) is 19.4. The first-order valence-corrected chi connectivity index (χ1v) is 11.5. The zero-order valence-electron chi connectivity index (χ0n) is 18.6. The van der Waals surface area contributed by atoms with Crippen LogP contribution in [0.3, 0.4) is 0 Å². The van der Waals surface area contributed by atoms with Gasteiger partial charge >= 0.3 is 0 Å². The van der Waals surface area contributed by atoms with Crippen molar-refractivity contribution in [1.29, 1.82) is 0 Å². The first-order chi connectivity index (χ1) is 16.2. The number of ketones is 1. The molecule has 1 aromatic carbocycles. The van der Waals surface area contributed by atoms with Crippen molar-refractivity contribution in [1.82, 2.24) is 9.55 Å². The van der Waals surface area contributed by atoms with Crippen molar-refractivity contribution >= 4 is 22.3 Å². The molecule has 0 bridgehead atoms. The Morgan fingerprint density at radius 1 is 1.15 bits per heavy atom. The van der Waals surface area contributed by atoms with Gasteiger partial charge in [-0.2, -0.15) is 0 Å². The van der Waals surface area contributed by atoms with Crippen LogP contribution in [0.1, 0.15) is 26.6 Å². The summed E-state index contributed by atoms with van der Waals surface area (Å²) in [6.45, 7) is 3.23. The minimum Gasteiger partial charge on any atom is -0.394 e. The van der Waals surface area contributed by atoms with Crippen LogP contribution >= 0.6 is 11.3 Å². The van der Waals surface area contributed by atoms with Crippen LogP contribution in [0.5, 0.6) is 0 Å². The predicted octanol–water partition coefficient (Wildman–Crippen LogP) is 1.18. The molecule has 2 aromatic heterocycles. The van der Waals surface area contributed by atoms with E-state index in [0.717, 1.165) is 28.4 Å². The summed E-state index contributed by atoms with van der Waals surface area (Å²) in [5.74, 6) is -0.546. The lowest BCUT2D eigenvalue weighted by molar-refractivity contribution is -0.225. The van der Waals surface area contributed by atoms with E-state index in [4.69, 9.17) is 4.74 Å². The first-order valence-electron chi connectivity index (χ1n) is 10.7. The monoisotopic (exact) mass is 491 g/mol. The summed E-state index contributed by atoms with van der Waals surface area (Å²) in [6, 6.07) is 7.81. The molecule has 1 aliphatic heterocycles. The molecule has 4 rings (SSSR count). The minimum atomic E-state index is -1.46. The SMILES string of the molecule is Cc1cc(C(=O)c2cnc(NC[C@H]3O[C@H](CO)[C@@H](O)[C@H](O)[C@@H]3O)s2)c(C)n1-c1ccc(F)cc1. The van der Waals surface area contributed by atoms with Crippen LogP contribution in [0.15, 0.2) is 36.5 Å². The van der Waals surface area contributed by atoms with Crippen molar-refractivity contribution < 1.29 is 34.3 Å². The van der Waals surface area contributed by atoms with E-state index in [9.17, 15) is 29.6 Å². The number of aryl methyl sites for hydroxylation is 1. The average molecular weight is 492 g/mol. The number of thiazole rings is 1. The number of hydrogen-bond donors (Lipinski definition) is 5. The second-order valence-electron chi connectivity index (χ2n) is 8.20. The number of aliphatic hydroxyl groups is 4. The summed E-state index contributed by atoms with van der Waals surface area (Å²) in [6.07, 6.45) is -4.67. The number of carbonyl (C=O) groups excluding carboxylic acids is 1. The highest BCUT2D eigenvalue weighted by molar-refractivity contribution is 7.17. The third-order valence-electron chi connectivity index (χ3n) is 5.94. The average Bonchev–Trinajstić information content (AvgIpc) is 3.41. The van der Waals surface area contributed by atoms with Crippen molar-refractivity contribution in [2.75, 3.05) is 18.5 Å². The Morgan fingerprint density at radius 3 is 2.50 bits per heavy atom. The van der Waals surface area contributed by atoms with Gasteiger partial charge in [0.1, 0.15) is 36.3 Å². The number of anilines is 1. The fourth-order valence-electron chi connectivity index (χ4n) is 4.11. The molecule has 0 aliphatic carbocycles. The van der Waals surface area contributed by atoms with E-state index in [-0.39, 0.29) is 18.1 Å². The van der Waals surface area contributed by atoms with Crippen LogP contribution in [0, 0.1) is 19.7 Å².